The number of aromatic carboxylic acids is 1. The van der Waals surface area contributed by atoms with Crippen molar-refractivity contribution < 1.29 is 9.90 Å². The van der Waals surface area contributed by atoms with E-state index in [-0.39, 0.29) is 5.56 Å². The van der Waals surface area contributed by atoms with E-state index >= 15 is 0 Å². The maximum atomic E-state index is 11.1. The van der Waals surface area contributed by atoms with Crippen LogP contribution in [0.25, 0.3) is 0 Å². The van der Waals surface area contributed by atoms with Crippen LogP contribution in [-0.4, -0.2) is 28.3 Å². The van der Waals surface area contributed by atoms with Crippen LogP contribution in [0, 0.1) is 0 Å². The van der Waals surface area contributed by atoms with Gasteiger partial charge in [-0.25, -0.2) is 4.79 Å². The quantitative estimate of drug-likeness (QED) is 0.930. The number of benzene rings is 1. The largest absolute Gasteiger partial charge is 0.478 e. The molecule has 0 radical (unpaired) electrons. The molecule has 2 aromatic rings. The van der Waals surface area contributed by atoms with E-state index in [0.717, 1.165) is 5.56 Å². The van der Waals surface area contributed by atoms with E-state index in [4.69, 9.17) is 16.7 Å². The Hall–Kier alpha value is -2.14. The summed E-state index contributed by atoms with van der Waals surface area (Å²) in [6, 6.07) is 8.79. The fourth-order valence-corrected chi connectivity index (χ4v) is 1.84. The monoisotopic (exact) mass is 277 g/mol. The number of carboxylic acid groups (broad SMARTS) is 1. The van der Waals surface area contributed by atoms with Crippen molar-refractivity contribution in [2.45, 2.75) is 6.54 Å². The normalized spacial score (nSPS) is 10.2. The van der Waals surface area contributed by atoms with Crippen molar-refractivity contribution in [2.24, 2.45) is 0 Å². The third kappa shape index (κ3) is 3.20. The Morgan fingerprint density at radius 2 is 2.00 bits per heavy atom. The van der Waals surface area contributed by atoms with Gasteiger partial charge < -0.3 is 10.0 Å². The zero-order valence-electron chi connectivity index (χ0n) is 10.2. The third-order valence-electron chi connectivity index (χ3n) is 2.63. The summed E-state index contributed by atoms with van der Waals surface area (Å²) in [5, 5.41) is 17.4. The van der Waals surface area contributed by atoms with Gasteiger partial charge in [0.25, 0.3) is 0 Å². The van der Waals surface area contributed by atoms with Gasteiger partial charge in [0.1, 0.15) is 5.56 Å². The van der Waals surface area contributed by atoms with Gasteiger partial charge in [-0.05, 0) is 23.8 Å². The Morgan fingerprint density at radius 1 is 1.32 bits per heavy atom. The molecule has 1 heterocycles. The summed E-state index contributed by atoms with van der Waals surface area (Å²) < 4.78 is 0. The maximum Gasteiger partial charge on any atom is 0.339 e. The Kier molecular flexibility index (Phi) is 3.97. The van der Waals surface area contributed by atoms with Crippen molar-refractivity contribution in [1.82, 2.24) is 10.2 Å². The molecule has 19 heavy (non-hydrogen) atoms. The highest BCUT2D eigenvalue weighted by molar-refractivity contribution is 6.30. The summed E-state index contributed by atoms with van der Waals surface area (Å²) in [5.74, 6) is -0.683. The highest BCUT2D eigenvalue weighted by Crippen LogP contribution is 2.18. The first kappa shape index (κ1) is 13.3. The second-order valence-corrected chi connectivity index (χ2v) is 4.49. The third-order valence-corrected chi connectivity index (χ3v) is 2.88. The Labute approximate surface area is 115 Å². The zero-order chi connectivity index (χ0) is 13.8. The van der Waals surface area contributed by atoms with Gasteiger partial charge in [0.15, 0.2) is 5.82 Å². The molecule has 0 unspecified atom stereocenters. The van der Waals surface area contributed by atoms with Crippen LogP contribution in [0.15, 0.2) is 36.5 Å². The minimum Gasteiger partial charge on any atom is -0.478 e. The van der Waals surface area contributed by atoms with Crippen LogP contribution >= 0.6 is 11.6 Å². The molecule has 0 amide bonds. The number of carbonyl (C=O) groups is 1. The van der Waals surface area contributed by atoms with E-state index in [1.807, 2.05) is 12.1 Å². The van der Waals surface area contributed by atoms with Crippen LogP contribution < -0.4 is 4.90 Å². The van der Waals surface area contributed by atoms with Gasteiger partial charge in [0.05, 0.1) is 6.20 Å². The van der Waals surface area contributed by atoms with Gasteiger partial charge in [0, 0.05) is 18.6 Å². The molecular weight excluding hydrogens is 266 g/mol. The molecular formula is C13H12ClN3O2. The number of carboxylic acids is 1. The first-order valence-corrected chi connectivity index (χ1v) is 5.96. The molecule has 0 saturated carbocycles. The summed E-state index contributed by atoms with van der Waals surface area (Å²) in [7, 11) is 1.77. The lowest BCUT2D eigenvalue weighted by molar-refractivity contribution is 0.0697. The van der Waals surface area contributed by atoms with E-state index in [9.17, 15) is 4.79 Å². The van der Waals surface area contributed by atoms with Crippen molar-refractivity contribution in [3.05, 3.63) is 52.7 Å². The number of hydrogen-bond acceptors (Lipinski definition) is 4. The first-order chi connectivity index (χ1) is 9.08. The maximum absolute atomic E-state index is 11.1. The molecule has 0 aliphatic heterocycles. The molecule has 1 aromatic heterocycles. The van der Waals surface area contributed by atoms with E-state index < -0.39 is 5.97 Å². The standard InChI is InChI=1S/C13H12ClN3O2/c1-17(8-9-2-4-10(14)5-3-9)12-11(13(18)19)6-7-15-16-12/h2-7H,8H2,1H3,(H,18,19). The summed E-state index contributed by atoms with van der Waals surface area (Å²) in [5.41, 5.74) is 1.14. The molecule has 5 nitrogen and oxygen atoms in total. The molecule has 0 atom stereocenters. The number of aromatic nitrogens is 2. The molecule has 1 N–H and O–H groups in total. The predicted octanol–water partition coefficient (Wildman–Crippen LogP) is 2.46. The lowest BCUT2D eigenvalue weighted by Gasteiger charge is -2.19. The Balaban J connectivity index is 2.22. The molecule has 1 aromatic carbocycles. The molecule has 0 aliphatic rings. The van der Waals surface area contributed by atoms with Crippen LogP contribution in [-0.2, 0) is 6.54 Å². The van der Waals surface area contributed by atoms with E-state index in [0.29, 0.717) is 17.4 Å². The van der Waals surface area contributed by atoms with Gasteiger partial charge in [-0.1, -0.05) is 23.7 Å². The lowest BCUT2D eigenvalue weighted by atomic mass is 10.2. The number of rotatable bonds is 4. The zero-order valence-corrected chi connectivity index (χ0v) is 11.0. The predicted molar refractivity (Wildman–Crippen MR) is 72.6 cm³/mol. The van der Waals surface area contributed by atoms with Gasteiger partial charge in [-0.2, -0.15) is 5.10 Å². The highest BCUT2D eigenvalue weighted by Gasteiger charge is 2.15. The van der Waals surface area contributed by atoms with Gasteiger partial charge in [-0.15, -0.1) is 5.10 Å². The average molecular weight is 278 g/mol. The van der Waals surface area contributed by atoms with Crippen molar-refractivity contribution in [3.8, 4) is 0 Å². The van der Waals surface area contributed by atoms with E-state index in [1.54, 1.807) is 24.1 Å². The van der Waals surface area contributed by atoms with Crippen molar-refractivity contribution in [1.29, 1.82) is 0 Å². The number of halogens is 1. The number of hydrogen-bond donors (Lipinski definition) is 1. The fraction of sp³-hybridized carbons (Fsp3) is 0.154. The molecule has 0 saturated heterocycles. The number of anilines is 1. The lowest BCUT2D eigenvalue weighted by Crippen LogP contribution is -2.21. The van der Waals surface area contributed by atoms with Crippen molar-refractivity contribution in [3.63, 3.8) is 0 Å². The SMILES string of the molecule is CN(Cc1ccc(Cl)cc1)c1nnccc1C(=O)O. The Morgan fingerprint density at radius 3 is 2.63 bits per heavy atom. The topological polar surface area (TPSA) is 66.3 Å². The highest BCUT2D eigenvalue weighted by atomic mass is 35.5. The fourth-order valence-electron chi connectivity index (χ4n) is 1.71. The van der Waals surface area contributed by atoms with Gasteiger partial charge in [-0.3, -0.25) is 0 Å². The van der Waals surface area contributed by atoms with E-state index in [1.165, 1.54) is 12.3 Å². The average Bonchev–Trinajstić information content (AvgIpc) is 2.41. The van der Waals surface area contributed by atoms with Crippen molar-refractivity contribution in [2.75, 3.05) is 11.9 Å². The molecule has 6 heteroatoms. The van der Waals surface area contributed by atoms with Crippen LogP contribution in [0.4, 0.5) is 5.82 Å². The molecule has 0 spiro atoms. The molecule has 0 bridgehead atoms. The molecule has 98 valence electrons. The second-order valence-electron chi connectivity index (χ2n) is 4.06. The van der Waals surface area contributed by atoms with Gasteiger partial charge in [0.2, 0.25) is 0 Å². The summed E-state index contributed by atoms with van der Waals surface area (Å²) in [6.45, 7) is 0.524. The minimum atomic E-state index is -1.02. The Bertz CT molecular complexity index is 587. The van der Waals surface area contributed by atoms with E-state index in [2.05, 4.69) is 10.2 Å². The second kappa shape index (κ2) is 5.67. The summed E-state index contributed by atoms with van der Waals surface area (Å²) >= 11 is 5.82. The smallest absolute Gasteiger partial charge is 0.339 e. The molecule has 0 fully saturated rings. The first-order valence-electron chi connectivity index (χ1n) is 5.58. The van der Waals surface area contributed by atoms with Crippen LogP contribution in [0.1, 0.15) is 15.9 Å². The minimum absolute atomic E-state index is 0.131. The van der Waals surface area contributed by atoms with Crippen molar-refractivity contribution >= 4 is 23.4 Å². The molecule has 0 aliphatic carbocycles. The van der Waals surface area contributed by atoms with Crippen LogP contribution in [0.2, 0.25) is 5.02 Å². The van der Waals surface area contributed by atoms with Gasteiger partial charge >= 0.3 is 5.97 Å². The summed E-state index contributed by atoms with van der Waals surface area (Å²) in [6.07, 6.45) is 1.36. The summed E-state index contributed by atoms with van der Waals surface area (Å²) in [4.78, 5) is 12.8. The molecule has 2 rings (SSSR count). The van der Waals surface area contributed by atoms with Crippen LogP contribution in [0.5, 0.6) is 0 Å². The number of nitrogens with zero attached hydrogens (tertiary/aromatic N) is 3. The van der Waals surface area contributed by atoms with Crippen LogP contribution in [0.3, 0.4) is 0 Å².